The van der Waals surface area contributed by atoms with Crippen molar-refractivity contribution in [3.05, 3.63) is 33.9 Å². The Bertz CT molecular complexity index is 657. The van der Waals surface area contributed by atoms with Gasteiger partial charge in [-0.25, -0.2) is 0 Å². The van der Waals surface area contributed by atoms with Gasteiger partial charge in [0.2, 0.25) is 0 Å². The summed E-state index contributed by atoms with van der Waals surface area (Å²) in [6, 6.07) is 4.43. The number of hydrogen-bond donors (Lipinski definition) is 1. The van der Waals surface area contributed by atoms with Gasteiger partial charge in [-0.15, -0.1) is 0 Å². The van der Waals surface area contributed by atoms with E-state index >= 15 is 0 Å². The number of anilines is 1. The topological polar surface area (TPSA) is 113 Å². The molecule has 0 atom stereocenters. The number of aliphatic carboxylic acids is 1. The van der Waals surface area contributed by atoms with E-state index in [1.165, 1.54) is 17.0 Å². The van der Waals surface area contributed by atoms with Gasteiger partial charge in [0.05, 0.1) is 23.7 Å². The second-order valence-electron chi connectivity index (χ2n) is 5.75. The molecule has 1 N–H and O–H groups in total. The number of morpholine rings is 1. The van der Waals surface area contributed by atoms with Gasteiger partial charge in [-0.3, -0.25) is 19.7 Å². The Morgan fingerprint density at radius 2 is 2.04 bits per heavy atom. The third-order valence-electron chi connectivity index (χ3n) is 4.00. The van der Waals surface area contributed by atoms with Gasteiger partial charge < -0.3 is 19.6 Å². The maximum atomic E-state index is 12.8. The first-order chi connectivity index (χ1) is 11.9. The summed E-state index contributed by atoms with van der Waals surface area (Å²) in [4.78, 5) is 37.5. The largest absolute Gasteiger partial charge is 0.481 e. The highest BCUT2D eigenvalue weighted by Gasteiger charge is 2.28. The van der Waals surface area contributed by atoms with Crippen LogP contribution < -0.4 is 4.90 Å². The first-order valence-electron chi connectivity index (χ1n) is 7.99. The number of amides is 1. The molecular weight excluding hydrogens is 330 g/mol. The fourth-order valence-corrected chi connectivity index (χ4v) is 2.75. The summed E-state index contributed by atoms with van der Waals surface area (Å²) in [5, 5.41) is 20.1. The Morgan fingerprint density at radius 3 is 2.64 bits per heavy atom. The van der Waals surface area contributed by atoms with E-state index in [-0.39, 0.29) is 30.1 Å². The Hall–Kier alpha value is -2.68. The maximum Gasteiger partial charge on any atom is 0.303 e. The number of carbonyl (C=O) groups is 2. The number of nitro benzene ring substituents is 1. The summed E-state index contributed by atoms with van der Waals surface area (Å²) in [7, 11) is 1.56. The fourth-order valence-electron chi connectivity index (χ4n) is 2.75. The summed E-state index contributed by atoms with van der Waals surface area (Å²) in [5.41, 5.74) is 0.423. The summed E-state index contributed by atoms with van der Waals surface area (Å²) in [6.07, 6.45) is 0.280. The van der Waals surface area contributed by atoms with Crippen LogP contribution in [-0.4, -0.2) is 66.7 Å². The van der Waals surface area contributed by atoms with Crippen LogP contribution in [0, 0.1) is 10.1 Å². The summed E-state index contributed by atoms with van der Waals surface area (Å²) in [6.45, 7) is 2.07. The third kappa shape index (κ3) is 4.66. The second kappa shape index (κ2) is 8.43. The van der Waals surface area contributed by atoms with Crippen molar-refractivity contribution in [2.24, 2.45) is 0 Å². The molecule has 0 spiro atoms. The average molecular weight is 351 g/mol. The molecule has 0 aliphatic carbocycles. The molecule has 0 aromatic heterocycles. The molecule has 1 aromatic carbocycles. The minimum absolute atomic E-state index is 0.0388. The molecule has 1 saturated heterocycles. The fraction of sp³-hybridized carbons (Fsp3) is 0.500. The predicted molar refractivity (Wildman–Crippen MR) is 90.0 cm³/mol. The molecule has 136 valence electrons. The second-order valence-corrected chi connectivity index (χ2v) is 5.75. The van der Waals surface area contributed by atoms with Crippen LogP contribution in [0.5, 0.6) is 0 Å². The van der Waals surface area contributed by atoms with Gasteiger partial charge in [0.1, 0.15) is 5.69 Å². The number of benzene rings is 1. The molecular formula is C16H21N3O6. The van der Waals surface area contributed by atoms with Crippen molar-refractivity contribution in [3.63, 3.8) is 0 Å². The Morgan fingerprint density at radius 1 is 1.36 bits per heavy atom. The number of rotatable bonds is 7. The first-order valence-corrected chi connectivity index (χ1v) is 7.99. The van der Waals surface area contributed by atoms with E-state index in [1.807, 2.05) is 0 Å². The zero-order valence-electron chi connectivity index (χ0n) is 14.0. The molecule has 0 saturated carbocycles. The molecule has 1 amide bonds. The van der Waals surface area contributed by atoms with Crippen molar-refractivity contribution in [2.45, 2.75) is 12.8 Å². The molecule has 0 bridgehead atoms. The highest BCUT2D eigenvalue weighted by Crippen LogP contribution is 2.33. The van der Waals surface area contributed by atoms with Gasteiger partial charge >= 0.3 is 5.97 Å². The van der Waals surface area contributed by atoms with Crippen molar-refractivity contribution >= 4 is 23.3 Å². The monoisotopic (exact) mass is 351 g/mol. The molecule has 1 aliphatic heterocycles. The molecule has 1 aromatic rings. The van der Waals surface area contributed by atoms with E-state index in [1.54, 1.807) is 18.0 Å². The minimum Gasteiger partial charge on any atom is -0.481 e. The van der Waals surface area contributed by atoms with E-state index in [0.29, 0.717) is 38.4 Å². The van der Waals surface area contributed by atoms with Gasteiger partial charge in [0, 0.05) is 39.2 Å². The molecule has 1 heterocycles. The van der Waals surface area contributed by atoms with Crippen LogP contribution in [0.25, 0.3) is 0 Å². The zero-order chi connectivity index (χ0) is 18.4. The van der Waals surface area contributed by atoms with Crippen molar-refractivity contribution in [3.8, 4) is 0 Å². The van der Waals surface area contributed by atoms with Crippen LogP contribution in [0.4, 0.5) is 11.4 Å². The lowest BCUT2D eigenvalue weighted by atomic mass is 10.1. The number of hydrogen-bond acceptors (Lipinski definition) is 6. The van der Waals surface area contributed by atoms with Crippen LogP contribution >= 0.6 is 0 Å². The number of para-hydroxylation sites is 1. The van der Waals surface area contributed by atoms with Crippen LogP contribution in [-0.2, 0) is 9.53 Å². The number of ether oxygens (including phenoxy) is 1. The summed E-state index contributed by atoms with van der Waals surface area (Å²) < 4.78 is 5.28. The Balaban J connectivity index is 2.29. The van der Waals surface area contributed by atoms with Crippen LogP contribution in [0.3, 0.4) is 0 Å². The summed E-state index contributed by atoms with van der Waals surface area (Å²) in [5.74, 6) is -1.29. The number of carboxylic acid groups (broad SMARTS) is 1. The molecule has 2 rings (SSSR count). The third-order valence-corrected chi connectivity index (χ3v) is 4.00. The van der Waals surface area contributed by atoms with Crippen LogP contribution in [0.1, 0.15) is 23.2 Å². The first kappa shape index (κ1) is 18.7. The van der Waals surface area contributed by atoms with Gasteiger partial charge in [0.15, 0.2) is 0 Å². The molecule has 1 fully saturated rings. The lowest BCUT2D eigenvalue weighted by Crippen LogP contribution is -2.38. The van der Waals surface area contributed by atoms with Gasteiger partial charge in [-0.1, -0.05) is 6.07 Å². The lowest BCUT2D eigenvalue weighted by molar-refractivity contribution is -0.384. The molecule has 25 heavy (non-hydrogen) atoms. The quantitative estimate of drug-likeness (QED) is 0.583. The number of nitro groups is 1. The highest BCUT2D eigenvalue weighted by atomic mass is 16.6. The smallest absolute Gasteiger partial charge is 0.303 e. The lowest BCUT2D eigenvalue weighted by Gasteiger charge is -2.30. The van der Waals surface area contributed by atoms with Crippen LogP contribution in [0.15, 0.2) is 18.2 Å². The Kier molecular flexibility index (Phi) is 6.29. The van der Waals surface area contributed by atoms with E-state index in [9.17, 15) is 19.7 Å². The Labute approximate surface area is 144 Å². The molecule has 9 heteroatoms. The standard InChI is InChI=1S/C16H21N3O6/c1-17(7-3-6-14(20)21)16(22)12-4-2-5-13(19(23)24)15(12)18-8-10-25-11-9-18/h2,4-5H,3,6-11H2,1H3,(H,20,21). The van der Waals surface area contributed by atoms with Crippen molar-refractivity contribution in [2.75, 3.05) is 44.8 Å². The molecule has 0 unspecified atom stereocenters. The zero-order valence-corrected chi connectivity index (χ0v) is 14.0. The minimum atomic E-state index is -0.926. The SMILES string of the molecule is CN(CCCC(=O)O)C(=O)c1cccc([N+](=O)[O-])c1N1CCOCC1. The number of carboxylic acids is 1. The van der Waals surface area contributed by atoms with Gasteiger partial charge in [-0.2, -0.15) is 0 Å². The summed E-state index contributed by atoms with van der Waals surface area (Å²) >= 11 is 0. The van der Waals surface area contributed by atoms with E-state index in [0.717, 1.165) is 0 Å². The van der Waals surface area contributed by atoms with E-state index in [4.69, 9.17) is 9.84 Å². The molecule has 1 aliphatic rings. The van der Waals surface area contributed by atoms with Gasteiger partial charge in [-0.05, 0) is 12.5 Å². The maximum absolute atomic E-state index is 12.8. The van der Waals surface area contributed by atoms with Gasteiger partial charge in [0.25, 0.3) is 11.6 Å². The van der Waals surface area contributed by atoms with E-state index in [2.05, 4.69) is 0 Å². The highest BCUT2D eigenvalue weighted by molar-refractivity contribution is 6.01. The molecule has 0 radical (unpaired) electrons. The number of carbonyl (C=O) groups excluding carboxylic acids is 1. The van der Waals surface area contributed by atoms with Crippen molar-refractivity contribution in [1.82, 2.24) is 4.90 Å². The van der Waals surface area contributed by atoms with Crippen LogP contribution in [0.2, 0.25) is 0 Å². The average Bonchev–Trinajstić information content (AvgIpc) is 2.60. The predicted octanol–water partition coefficient (Wildman–Crippen LogP) is 1.37. The molecule has 9 nitrogen and oxygen atoms in total. The number of nitrogens with zero attached hydrogens (tertiary/aromatic N) is 3. The normalized spacial score (nSPS) is 14.2. The van der Waals surface area contributed by atoms with Crippen molar-refractivity contribution in [1.29, 1.82) is 0 Å². The van der Waals surface area contributed by atoms with E-state index < -0.39 is 10.9 Å². The van der Waals surface area contributed by atoms with Crippen molar-refractivity contribution < 1.29 is 24.4 Å².